The summed E-state index contributed by atoms with van der Waals surface area (Å²) >= 11 is 9.76. The Balaban J connectivity index is 3.13. The number of rotatable bonds is 1. The number of thiol groups is 1. The van der Waals surface area contributed by atoms with Gasteiger partial charge < -0.3 is 4.74 Å². The fraction of sp³-hybridized carbons (Fsp3) is 0.125. The van der Waals surface area contributed by atoms with Crippen molar-refractivity contribution in [3.05, 3.63) is 28.8 Å². The van der Waals surface area contributed by atoms with Crippen molar-refractivity contribution in [1.29, 1.82) is 0 Å². The van der Waals surface area contributed by atoms with Crippen molar-refractivity contribution in [3.8, 4) is 0 Å². The van der Waals surface area contributed by atoms with Crippen LogP contribution < -0.4 is 0 Å². The summed E-state index contributed by atoms with van der Waals surface area (Å²) in [6.07, 6.45) is 0. The molecule has 0 N–H and O–H groups in total. The monoisotopic (exact) mass is 202 g/mol. The Bertz CT molecular complexity index is 312. The zero-order chi connectivity index (χ0) is 9.14. The van der Waals surface area contributed by atoms with Gasteiger partial charge in [-0.05, 0) is 18.2 Å². The van der Waals surface area contributed by atoms with Crippen LogP contribution >= 0.6 is 24.2 Å². The van der Waals surface area contributed by atoms with E-state index in [0.29, 0.717) is 15.5 Å². The third-order valence-corrected chi connectivity index (χ3v) is 1.99. The summed E-state index contributed by atoms with van der Waals surface area (Å²) in [6, 6.07) is 4.84. The first-order valence-corrected chi connectivity index (χ1v) is 4.04. The molecule has 0 spiro atoms. The average Bonchev–Trinajstić information content (AvgIpc) is 2.08. The normalized spacial score (nSPS) is 9.58. The fourth-order valence-corrected chi connectivity index (χ4v) is 1.18. The minimum absolute atomic E-state index is 0.383. The number of ether oxygens (including phenoxy) is 1. The van der Waals surface area contributed by atoms with Crippen LogP contribution in [0.25, 0.3) is 0 Å². The molecule has 0 heterocycles. The maximum absolute atomic E-state index is 11.1. The SMILES string of the molecule is COC(=O)c1cc(Cl)ccc1S. The highest BCUT2D eigenvalue weighted by Crippen LogP contribution is 2.19. The number of benzene rings is 1. The van der Waals surface area contributed by atoms with Crippen molar-refractivity contribution in [2.75, 3.05) is 7.11 Å². The van der Waals surface area contributed by atoms with Gasteiger partial charge in [0.15, 0.2) is 0 Å². The van der Waals surface area contributed by atoms with Crippen LogP contribution in [0.5, 0.6) is 0 Å². The molecule has 0 aromatic heterocycles. The quantitative estimate of drug-likeness (QED) is 0.559. The molecule has 0 radical (unpaired) electrons. The zero-order valence-corrected chi connectivity index (χ0v) is 8.02. The molecule has 0 saturated carbocycles. The maximum atomic E-state index is 11.1. The predicted molar refractivity (Wildman–Crippen MR) is 50.0 cm³/mol. The highest BCUT2D eigenvalue weighted by molar-refractivity contribution is 7.80. The third kappa shape index (κ3) is 1.93. The summed E-state index contributed by atoms with van der Waals surface area (Å²) in [5.41, 5.74) is 0.383. The Morgan fingerprint density at radius 2 is 2.25 bits per heavy atom. The molecule has 64 valence electrons. The van der Waals surface area contributed by atoms with Gasteiger partial charge in [0.05, 0.1) is 12.7 Å². The summed E-state index contributed by atoms with van der Waals surface area (Å²) in [5.74, 6) is -0.428. The summed E-state index contributed by atoms with van der Waals surface area (Å²) in [5, 5.41) is 0.494. The van der Waals surface area contributed by atoms with Gasteiger partial charge in [0.25, 0.3) is 0 Å². The van der Waals surface area contributed by atoms with Crippen molar-refractivity contribution < 1.29 is 9.53 Å². The van der Waals surface area contributed by atoms with Gasteiger partial charge in [-0.25, -0.2) is 4.79 Å². The standard InChI is InChI=1S/C8H7ClO2S/c1-11-8(10)6-4-5(9)2-3-7(6)12/h2-4,12H,1H3. The molecule has 0 fully saturated rings. The molecule has 0 aliphatic carbocycles. The molecule has 2 nitrogen and oxygen atoms in total. The molecular formula is C8H7ClO2S. The van der Waals surface area contributed by atoms with E-state index in [9.17, 15) is 4.79 Å². The topological polar surface area (TPSA) is 26.3 Å². The first-order chi connectivity index (χ1) is 5.65. The van der Waals surface area contributed by atoms with Crippen LogP contribution in [-0.4, -0.2) is 13.1 Å². The minimum Gasteiger partial charge on any atom is -0.465 e. The van der Waals surface area contributed by atoms with Gasteiger partial charge in [0, 0.05) is 9.92 Å². The van der Waals surface area contributed by atoms with Gasteiger partial charge >= 0.3 is 5.97 Å². The van der Waals surface area contributed by atoms with Gasteiger partial charge in [-0.15, -0.1) is 12.6 Å². The van der Waals surface area contributed by atoms with Gasteiger partial charge in [0.2, 0.25) is 0 Å². The van der Waals surface area contributed by atoms with Crippen molar-refractivity contribution in [3.63, 3.8) is 0 Å². The maximum Gasteiger partial charge on any atom is 0.339 e. The van der Waals surface area contributed by atoms with E-state index in [2.05, 4.69) is 17.4 Å². The second kappa shape index (κ2) is 3.83. The van der Waals surface area contributed by atoms with E-state index in [1.165, 1.54) is 13.2 Å². The molecule has 4 heteroatoms. The van der Waals surface area contributed by atoms with E-state index in [0.717, 1.165) is 0 Å². The highest BCUT2D eigenvalue weighted by atomic mass is 35.5. The van der Waals surface area contributed by atoms with E-state index < -0.39 is 5.97 Å². The lowest BCUT2D eigenvalue weighted by Gasteiger charge is -2.02. The van der Waals surface area contributed by atoms with Crippen LogP contribution in [0.1, 0.15) is 10.4 Å². The number of hydrogen-bond donors (Lipinski definition) is 1. The fourth-order valence-electron chi connectivity index (χ4n) is 0.782. The minimum atomic E-state index is -0.428. The van der Waals surface area contributed by atoms with E-state index in [-0.39, 0.29) is 0 Å². The Kier molecular flexibility index (Phi) is 3.00. The number of carbonyl (C=O) groups is 1. The van der Waals surface area contributed by atoms with Crippen molar-refractivity contribution in [2.45, 2.75) is 4.90 Å². The lowest BCUT2D eigenvalue weighted by molar-refractivity contribution is 0.0597. The second-order valence-corrected chi connectivity index (χ2v) is 3.07. The molecule has 1 rings (SSSR count). The molecule has 0 atom stereocenters. The molecule has 1 aromatic carbocycles. The van der Waals surface area contributed by atoms with Crippen LogP contribution in [0.4, 0.5) is 0 Å². The highest BCUT2D eigenvalue weighted by Gasteiger charge is 2.09. The summed E-state index contributed by atoms with van der Waals surface area (Å²) in [7, 11) is 1.32. The largest absolute Gasteiger partial charge is 0.465 e. The van der Waals surface area contributed by atoms with Crippen molar-refractivity contribution in [2.24, 2.45) is 0 Å². The summed E-state index contributed by atoms with van der Waals surface area (Å²) < 4.78 is 4.53. The zero-order valence-electron chi connectivity index (χ0n) is 6.37. The third-order valence-electron chi connectivity index (χ3n) is 1.36. The number of esters is 1. The molecule has 0 aliphatic heterocycles. The molecule has 0 aliphatic rings. The van der Waals surface area contributed by atoms with Crippen molar-refractivity contribution in [1.82, 2.24) is 0 Å². The van der Waals surface area contributed by atoms with E-state index in [4.69, 9.17) is 11.6 Å². The van der Waals surface area contributed by atoms with E-state index >= 15 is 0 Å². The predicted octanol–water partition coefficient (Wildman–Crippen LogP) is 2.42. The number of hydrogen-bond acceptors (Lipinski definition) is 3. The van der Waals surface area contributed by atoms with Gasteiger partial charge in [-0.2, -0.15) is 0 Å². The van der Waals surface area contributed by atoms with Gasteiger partial charge in [-0.1, -0.05) is 11.6 Å². The molecule has 12 heavy (non-hydrogen) atoms. The van der Waals surface area contributed by atoms with Crippen molar-refractivity contribution >= 4 is 30.2 Å². The molecular weight excluding hydrogens is 196 g/mol. The molecule has 0 saturated heterocycles. The molecule has 0 bridgehead atoms. The van der Waals surface area contributed by atoms with Crippen LogP contribution in [-0.2, 0) is 4.74 Å². The lowest BCUT2D eigenvalue weighted by Crippen LogP contribution is -2.01. The summed E-state index contributed by atoms with van der Waals surface area (Å²) in [4.78, 5) is 11.6. The van der Waals surface area contributed by atoms with Gasteiger partial charge in [0.1, 0.15) is 0 Å². The van der Waals surface area contributed by atoms with Gasteiger partial charge in [-0.3, -0.25) is 0 Å². The average molecular weight is 203 g/mol. The van der Waals surface area contributed by atoms with Crippen LogP contribution in [0.2, 0.25) is 5.02 Å². The molecule has 0 unspecified atom stereocenters. The number of methoxy groups -OCH3 is 1. The Morgan fingerprint density at radius 1 is 1.58 bits per heavy atom. The van der Waals surface area contributed by atoms with Crippen LogP contribution in [0.15, 0.2) is 23.1 Å². The first kappa shape index (κ1) is 9.42. The molecule has 0 amide bonds. The Labute approximate surface area is 80.9 Å². The Morgan fingerprint density at radius 3 is 2.83 bits per heavy atom. The first-order valence-electron chi connectivity index (χ1n) is 3.22. The number of halogens is 1. The van der Waals surface area contributed by atoms with Crippen LogP contribution in [0, 0.1) is 0 Å². The lowest BCUT2D eigenvalue weighted by atomic mass is 10.2. The van der Waals surface area contributed by atoms with Crippen LogP contribution in [0.3, 0.4) is 0 Å². The van der Waals surface area contributed by atoms with E-state index in [1.807, 2.05) is 0 Å². The Hall–Kier alpha value is -0.670. The van der Waals surface area contributed by atoms with E-state index in [1.54, 1.807) is 12.1 Å². The smallest absolute Gasteiger partial charge is 0.339 e. The number of carbonyl (C=O) groups excluding carboxylic acids is 1. The second-order valence-electron chi connectivity index (χ2n) is 2.15. The molecule has 1 aromatic rings. The summed E-state index contributed by atoms with van der Waals surface area (Å²) in [6.45, 7) is 0.